The number of benzene rings is 1. The fraction of sp³-hybridized carbons (Fsp3) is 0.533. The van der Waals surface area contributed by atoms with Gasteiger partial charge in [-0.25, -0.2) is 0 Å². The number of carbonyl (C=O) groups excluding carboxylic acids is 1. The lowest BCUT2D eigenvalue weighted by molar-refractivity contribution is -0.128. The zero-order valence-corrected chi connectivity index (χ0v) is 11.4. The monoisotopic (exact) mass is 246 g/mol. The Bertz CT molecular complexity index is 419. The molecule has 1 amide bonds. The highest BCUT2D eigenvalue weighted by molar-refractivity contribution is 5.80. The quantitative estimate of drug-likeness (QED) is 0.851. The normalized spacial score (nSPS) is 16.2. The first-order valence-electron chi connectivity index (χ1n) is 6.65. The second-order valence-corrected chi connectivity index (χ2v) is 5.52. The zero-order valence-electron chi connectivity index (χ0n) is 11.4. The highest BCUT2D eigenvalue weighted by atomic mass is 16.2. The van der Waals surface area contributed by atoms with Gasteiger partial charge < -0.3 is 10.6 Å². The fourth-order valence-corrected chi connectivity index (χ4v) is 2.11. The Morgan fingerprint density at radius 1 is 1.33 bits per heavy atom. The first kappa shape index (κ1) is 13.1. The molecule has 1 aliphatic heterocycles. The zero-order chi connectivity index (χ0) is 13.2. The maximum absolute atomic E-state index is 12.0. The van der Waals surface area contributed by atoms with Crippen molar-refractivity contribution in [1.29, 1.82) is 0 Å². The maximum Gasteiger partial charge on any atom is 0.226 e. The Morgan fingerprint density at radius 3 is 2.39 bits per heavy atom. The van der Waals surface area contributed by atoms with Crippen molar-refractivity contribution in [2.75, 3.05) is 13.1 Å². The van der Waals surface area contributed by atoms with Crippen LogP contribution in [0.5, 0.6) is 0 Å². The van der Waals surface area contributed by atoms with Crippen LogP contribution in [0.25, 0.3) is 0 Å². The van der Waals surface area contributed by atoms with E-state index in [0.717, 1.165) is 25.1 Å². The van der Waals surface area contributed by atoms with E-state index in [1.165, 1.54) is 5.56 Å². The van der Waals surface area contributed by atoms with Crippen molar-refractivity contribution >= 4 is 5.91 Å². The minimum absolute atomic E-state index is 0.138. The van der Waals surface area contributed by atoms with Crippen molar-refractivity contribution in [1.82, 2.24) is 10.6 Å². The average Bonchev–Trinajstić information content (AvgIpc) is 2.26. The van der Waals surface area contributed by atoms with Crippen LogP contribution in [0.15, 0.2) is 24.3 Å². The van der Waals surface area contributed by atoms with Gasteiger partial charge in [-0.1, -0.05) is 31.2 Å². The topological polar surface area (TPSA) is 41.1 Å². The molecule has 1 saturated heterocycles. The number of amides is 1. The number of rotatable bonds is 4. The third kappa shape index (κ3) is 2.72. The summed E-state index contributed by atoms with van der Waals surface area (Å²) in [5, 5.41) is 6.25. The molecule has 0 atom stereocenters. The molecular formula is C15H22N2O. The summed E-state index contributed by atoms with van der Waals surface area (Å²) in [6, 6.07) is 8.48. The summed E-state index contributed by atoms with van der Waals surface area (Å²) in [5.41, 5.74) is 2.17. The average molecular weight is 246 g/mol. The molecule has 1 fully saturated rings. The maximum atomic E-state index is 12.0. The van der Waals surface area contributed by atoms with Crippen LogP contribution in [0, 0.1) is 5.92 Å². The van der Waals surface area contributed by atoms with E-state index in [1.54, 1.807) is 0 Å². The molecule has 1 aromatic carbocycles. The van der Waals surface area contributed by atoms with Crippen LogP contribution in [0.1, 0.15) is 31.9 Å². The summed E-state index contributed by atoms with van der Waals surface area (Å²) < 4.78 is 0. The van der Waals surface area contributed by atoms with Crippen LogP contribution in [0.2, 0.25) is 0 Å². The number of carbonyl (C=O) groups is 1. The molecule has 0 aromatic heterocycles. The van der Waals surface area contributed by atoms with E-state index in [9.17, 15) is 4.79 Å². The van der Waals surface area contributed by atoms with Crippen molar-refractivity contribution in [2.45, 2.75) is 32.7 Å². The summed E-state index contributed by atoms with van der Waals surface area (Å²) >= 11 is 0. The van der Waals surface area contributed by atoms with Crippen LogP contribution >= 0.6 is 0 Å². The summed E-state index contributed by atoms with van der Waals surface area (Å²) in [4.78, 5) is 12.0. The minimum atomic E-state index is -0.307. The van der Waals surface area contributed by atoms with Gasteiger partial charge in [0, 0.05) is 13.1 Å². The van der Waals surface area contributed by atoms with Crippen molar-refractivity contribution in [2.24, 2.45) is 5.92 Å². The number of nitrogens with one attached hydrogen (secondary N) is 2. The third-order valence-corrected chi connectivity index (χ3v) is 3.67. The van der Waals surface area contributed by atoms with E-state index in [2.05, 4.69) is 55.7 Å². The molecule has 3 nitrogen and oxygen atoms in total. The molecule has 1 heterocycles. The van der Waals surface area contributed by atoms with Crippen molar-refractivity contribution < 1.29 is 4.79 Å². The third-order valence-electron chi connectivity index (χ3n) is 3.67. The number of hydrogen-bond acceptors (Lipinski definition) is 2. The number of aryl methyl sites for hydroxylation is 1. The van der Waals surface area contributed by atoms with Crippen LogP contribution in [0.4, 0.5) is 0 Å². The summed E-state index contributed by atoms with van der Waals surface area (Å²) in [7, 11) is 0. The van der Waals surface area contributed by atoms with Gasteiger partial charge in [-0.05, 0) is 31.4 Å². The lowest BCUT2D eigenvalue weighted by Crippen LogP contribution is -2.54. The predicted molar refractivity (Wildman–Crippen MR) is 73.3 cm³/mol. The molecule has 2 rings (SSSR count). The van der Waals surface area contributed by atoms with Gasteiger partial charge in [-0.2, -0.15) is 0 Å². The lowest BCUT2D eigenvalue weighted by atomic mass is 9.91. The van der Waals surface area contributed by atoms with Gasteiger partial charge in [-0.3, -0.25) is 4.79 Å². The van der Waals surface area contributed by atoms with E-state index in [-0.39, 0.29) is 17.4 Å². The Balaban J connectivity index is 2.05. The molecule has 98 valence electrons. The van der Waals surface area contributed by atoms with Crippen LogP contribution in [-0.4, -0.2) is 19.0 Å². The lowest BCUT2D eigenvalue weighted by Gasteiger charge is -2.32. The van der Waals surface area contributed by atoms with Gasteiger partial charge in [0.1, 0.15) is 0 Å². The molecule has 1 aliphatic rings. The van der Waals surface area contributed by atoms with Gasteiger partial charge in [0.15, 0.2) is 0 Å². The fourth-order valence-electron chi connectivity index (χ4n) is 2.11. The van der Waals surface area contributed by atoms with Crippen LogP contribution in [-0.2, 0) is 16.8 Å². The largest absolute Gasteiger partial charge is 0.347 e. The van der Waals surface area contributed by atoms with E-state index >= 15 is 0 Å². The van der Waals surface area contributed by atoms with Gasteiger partial charge in [0.25, 0.3) is 0 Å². The van der Waals surface area contributed by atoms with E-state index in [0.29, 0.717) is 0 Å². The van der Waals surface area contributed by atoms with Crippen LogP contribution < -0.4 is 10.6 Å². The van der Waals surface area contributed by atoms with Gasteiger partial charge in [0.2, 0.25) is 5.91 Å². The Kier molecular flexibility index (Phi) is 3.71. The van der Waals surface area contributed by atoms with Crippen molar-refractivity contribution in [3.05, 3.63) is 35.4 Å². The van der Waals surface area contributed by atoms with E-state index < -0.39 is 0 Å². The van der Waals surface area contributed by atoms with E-state index in [1.807, 2.05) is 0 Å². The molecule has 2 N–H and O–H groups in total. The second kappa shape index (κ2) is 5.11. The van der Waals surface area contributed by atoms with Gasteiger partial charge in [0.05, 0.1) is 11.5 Å². The highest BCUT2D eigenvalue weighted by Gasteiger charge is 2.30. The molecule has 3 heteroatoms. The predicted octanol–water partition coefficient (Wildman–Crippen LogP) is 1.82. The molecule has 0 saturated carbocycles. The molecule has 0 radical (unpaired) electrons. The smallest absolute Gasteiger partial charge is 0.226 e. The standard InChI is InChI=1S/C15H22N2O/c1-4-11-5-7-13(8-6-11)15(2,3)17-14(18)12-9-16-10-12/h5-8,12,16H,4,9-10H2,1-3H3,(H,17,18). The molecule has 0 unspecified atom stereocenters. The van der Waals surface area contributed by atoms with Crippen molar-refractivity contribution in [3.8, 4) is 0 Å². The Labute approximate surface area is 109 Å². The first-order valence-corrected chi connectivity index (χ1v) is 6.65. The molecule has 0 spiro atoms. The van der Waals surface area contributed by atoms with Crippen LogP contribution in [0.3, 0.4) is 0 Å². The summed E-state index contributed by atoms with van der Waals surface area (Å²) in [6.45, 7) is 7.86. The summed E-state index contributed by atoms with van der Waals surface area (Å²) in [6.07, 6.45) is 1.04. The molecular weight excluding hydrogens is 224 g/mol. The Morgan fingerprint density at radius 2 is 1.94 bits per heavy atom. The molecule has 18 heavy (non-hydrogen) atoms. The van der Waals surface area contributed by atoms with Gasteiger partial charge >= 0.3 is 0 Å². The Hall–Kier alpha value is -1.35. The first-order chi connectivity index (χ1) is 8.53. The van der Waals surface area contributed by atoms with Crippen molar-refractivity contribution in [3.63, 3.8) is 0 Å². The molecule has 0 bridgehead atoms. The summed E-state index contributed by atoms with van der Waals surface area (Å²) in [5.74, 6) is 0.289. The number of hydrogen-bond donors (Lipinski definition) is 2. The SMILES string of the molecule is CCc1ccc(C(C)(C)NC(=O)C2CNC2)cc1. The highest BCUT2D eigenvalue weighted by Crippen LogP contribution is 2.21. The van der Waals surface area contributed by atoms with E-state index in [4.69, 9.17) is 0 Å². The van der Waals surface area contributed by atoms with Gasteiger partial charge in [-0.15, -0.1) is 0 Å². The molecule has 0 aliphatic carbocycles. The molecule has 1 aromatic rings. The minimum Gasteiger partial charge on any atom is -0.347 e. The second-order valence-electron chi connectivity index (χ2n) is 5.52.